The van der Waals surface area contributed by atoms with E-state index in [4.69, 9.17) is 15.6 Å². The minimum atomic E-state index is -0.334. The maximum atomic E-state index is 10.9. The monoisotopic (exact) mass is 209 g/mol. The molecule has 82 valence electrons. The summed E-state index contributed by atoms with van der Waals surface area (Å²) in [6.07, 6.45) is 1.95. The summed E-state index contributed by atoms with van der Waals surface area (Å²) in [5, 5.41) is 6.89. The molecular formula is C11H15NO3. The van der Waals surface area contributed by atoms with Crippen LogP contribution in [0.4, 0.5) is 0 Å². The van der Waals surface area contributed by atoms with Gasteiger partial charge in [-0.15, -0.1) is 0 Å². The van der Waals surface area contributed by atoms with Gasteiger partial charge in [0.05, 0.1) is 0 Å². The van der Waals surface area contributed by atoms with Crippen molar-refractivity contribution < 1.29 is 14.7 Å². The van der Waals surface area contributed by atoms with Crippen molar-refractivity contribution in [3.63, 3.8) is 0 Å². The summed E-state index contributed by atoms with van der Waals surface area (Å²) in [6, 6.07) is 7.48. The van der Waals surface area contributed by atoms with E-state index in [-0.39, 0.29) is 12.4 Å². The van der Waals surface area contributed by atoms with Crippen LogP contribution < -0.4 is 5.73 Å². The molecule has 1 rings (SSSR count). The topological polar surface area (TPSA) is 80.4 Å². The Morgan fingerprint density at radius 1 is 1.47 bits per heavy atom. The van der Waals surface area contributed by atoms with Crippen LogP contribution in [0.2, 0.25) is 0 Å². The van der Waals surface area contributed by atoms with Gasteiger partial charge in [0.1, 0.15) is 0 Å². The zero-order valence-corrected chi connectivity index (χ0v) is 8.64. The molecule has 0 saturated heterocycles. The molecule has 4 heteroatoms. The second-order valence-electron chi connectivity index (χ2n) is 2.88. The lowest BCUT2D eigenvalue weighted by atomic mass is 10.0. The summed E-state index contributed by atoms with van der Waals surface area (Å²) in [5.74, 6) is -0.334. The number of primary amides is 1. The lowest BCUT2D eigenvalue weighted by molar-refractivity contribution is -0.122. The molecule has 0 aliphatic carbocycles. The van der Waals surface area contributed by atoms with Gasteiger partial charge in [-0.05, 0) is 18.1 Å². The number of carbonyl (C=O) groups is 2. The molecule has 0 saturated carbocycles. The third-order valence-corrected chi connectivity index (χ3v) is 1.80. The second kappa shape index (κ2) is 7.55. The standard InChI is InChI=1S/C10H13NO.CH2O2/c1-2-5-8-6-3-4-7-9(8)10(11)12;2-1-3/h3-4,6-7H,2,5H2,1H3,(H2,11,12);1H,(H,2,3). The molecule has 1 aromatic carbocycles. The highest BCUT2D eigenvalue weighted by atomic mass is 16.3. The van der Waals surface area contributed by atoms with Crippen molar-refractivity contribution in [3.8, 4) is 0 Å². The fraction of sp³-hybridized carbons (Fsp3) is 0.273. The first-order valence-electron chi connectivity index (χ1n) is 4.62. The van der Waals surface area contributed by atoms with Crippen molar-refractivity contribution in [2.45, 2.75) is 19.8 Å². The van der Waals surface area contributed by atoms with Crippen LogP contribution in [0.5, 0.6) is 0 Å². The molecule has 0 radical (unpaired) electrons. The van der Waals surface area contributed by atoms with Gasteiger partial charge in [-0.3, -0.25) is 9.59 Å². The summed E-state index contributed by atoms with van der Waals surface area (Å²) in [4.78, 5) is 19.3. The van der Waals surface area contributed by atoms with Crippen LogP contribution >= 0.6 is 0 Å². The van der Waals surface area contributed by atoms with Crippen LogP contribution in [-0.2, 0) is 11.2 Å². The number of aryl methyl sites for hydroxylation is 1. The number of benzene rings is 1. The zero-order valence-electron chi connectivity index (χ0n) is 8.64. The lowest BCUT2D eigenvalue weighted by Crippen LogP contribution is -2.13. The van der Waals surface area contributed by atoms with Gasteiger partial charge in [-0.1, -0.05) is 31.5 Å². The van der Waals surface area contributed by atoms with Crippen LogP contribution in [-0.4, -0.2) is 17.5 Å². The highest BCUT2D eigenvalue weighted by Crippen LogP contribution is 2.09. The molecule has 0 bridgehead atoms. The van der Waals surface area contributed by atoms with E-state index >= 15 is 0 Å². The van der Waals surface area contributed by atoms with Crippen molar-refractivity contribution in [2.75, 3.05) is 0 Å². The van der Waals surface area contributed by atoms with E-state index in [1.165, 1.54) is 0 Å². The molecule has 0 spiro atoms. The molecule has 0 fully saturated rings. The Hall–Kier alpha value is -1.84. The number of amides is 1. The molecule has 4 nitrogen and oxygen atoms in total. The Bertz CT molecular complexity index is 323. The van der Waals surface area contributed by atoms with Gasteiger partial charge in [-0.25, -0.2) is 0 Å². The summed E-state index contributed by atoms with van der Waals surface area (Å²) in [7, 11) is 0. The van der Waals surface area contributed by atoms with Crippen molar-refractivity contribution in [1.29, 1.82) is 0 Å². The van der Waals surface area contributed by atoms with E-state index < -0.39 is 0 Å². The van der Waals surface area contributed by atoms with Gasteiger partial charge in [0.25, 0.3) is 6.47 Å². The van der Waals surface area contributed by atoms with Crippen molar-refractivity contribution >= 4 is 12.4 Å². The molecular weight excluding hydrogens is 194 g/mol. The predicted molar refractivity (Wildman–Crippen MR) is 57.6 cm³/mol. The van der Waals surface area contributed by atoms with E-state index in [1.807, 2.05) is 18.2 Å². The molecule has 0 aliphatic rings. The summed E-state index contributed by atoms with van der Waals surface area (Å²) >= 11 is 0. The molecule has 15 heavy (non-hydrogen) atoms. The number of nitrogens with two attached hydrogens (primary N) is 1. The maximum absolute atomic E-state index is 10.9. The zero-order chi connectivity index (χ0) is 11.7. The molecule has 0 unspecified atom stereocenters. The first kappa shape index (κ1) is 13.2. The first-order valence-corrected chi connectivity index (χ1v) is 4.62. The highest BCUT2D eigenvalue weighted by Gasteiger charge is 2.04. The number of carbonyl (C=O) groups excluding carboxylic acids is 1. The van der Waals surface area contributed by atoms with Gasteiger partial charge in [-0.2, -0.15) is 0 Å². The van der Waals surface area contributed by atoms with Gasteiger partial charge >= 0.3 is 0 Å². The summed E-state index contributed by atoms with van der Waals surface area (Å²) in [5.41, 5.74) is 6.91. The molecule has 1 aromatic rings. The van der Waals surface area contributed by atoms with Crippen LogP contribution in [0, 0.1) is 0 Å². The molecule has 3 N–H and O–H groups in total. The fourth-order valence-electron chi connectivity index (χ4n) is 1.25. The number of hydrogen-bond acceptors (Lipinski definition) is 2. The third kappa shape index (κ3) is 4.81. The van der Waals surface area contributed by atoms with Gasteiger partial charge in [0.15, 0.2) is 0 Å². The fourth-order valence-corrected chi connectivity index (χ4v) is 1.25. The van der Waals surface area contributed by atoms with Gasteiger partial charge < -0.3 is 10.8 Å². The van der Waals surface area contributed by atoms with Crippen molar-refractivity contribution in [1.82, 2.24) is 0 Å². The predicted octanol–water partition coefficient (Wildman–Crippen LogP) is 1.44. The van der Waals surface area contributed by atoms with E-state index in [9.17, 15) is 4.79 Å². The number of carboxylic acid groups (broad SMARTS) is 1. The van der Waals surface area contributed by atoms with E-state index in [0.717, 1.165) is 18.4 Å². The van der Waals surface area contributed by atoms with Crippen LogP contribution in [0.3, 0.4) is 0 Å². The summed E-state index contributed by atoms with van der Waals surface area (Å²) < 4.78 is 0. The van der Waals surface area contributed by atoms with Gasteiger partial charge in [0.2, 0.25) is 5.91 Å². The molecule has 0 heterocycles. The van der Waals surface area contributed by atoms with E-state index in [2.05, 4.69) is 6.92 Å². The Morgan fingerprint density at radius 3 is 2.47 bits per heavy atom. The second-order valence-corrected chi connectivity index (χ2v) is 2.88. The van der Waals surface area contributed by atoms with E-state index in [0.29, 0.717) is 5.56 Å². The number of hydrogen-bond donors (Lipinski definition) is 2. The largest absolute Gasteiger partial charge is 0.483 e. The third-order valence-electron chi connectivity index (χ3n) is 1.80. The summed E-state index contributed by atoms with van der Waals surface area (Å²) in [6.45, 7) is 1.83. The minimum Gasteiger partial charge on any atom is -0.483 e. The molecule has 0 atom stereocenters. The normalized spacial score (nSPS) is 8.60. The Morgan fingerprint density at radius 2 is 2.00 bits per heavy atom. The Balaban J connectivity index is 0.000000583. The Kier molecular flexibility index (Phi) is 6.63. The van der Waals surface area contributed by atoms with Gasteiger partial charge in [0, 0.05) is 5.56 Å². The molecule has 0 aromatic heterocycles. The molecule has 1 amide bonds. The maximum Gasteiger partial charge on any atom is 0.290 e. The Labute approximate surface area is 88.7 Å². The highest BCUT2D eigenvalue weighted by molar-refractivity contribution is 5.94. The van der Waals surface area contributed by atoms with E-state index in [1.54, 1.807) is 6.07 Å². The average molecular weight is 209 g/mol. The molecule has 0 aliphatic heterocycles. The lowest BCUT2D eigenvalue weighted by Gasteiger charge is -2.03. The van der Waals surface area contributed by atoms with Crippen LogP contribution in [0.15, 0.2) is 24.3 Å². The quantitative estimate of drug-likeness (QED) is 0.739. The van der Waals surface area contributed by atoms with Crippen molar-refractivity contribution in [2.24, 2.45) is 5.73 Å². The van der Waals surface area contributed by atoms with Crippen LogP contribution in [0.25, 0.3) is 0 Å². The SMILES string of the molecule is CCCc1ccccc1C(N)=O.O=CO. The first-order chi connectivity index (χ1) is 7.17. The average Bonchev–Trinajstić information content (AvgIpc) is 2.20. The smallest absolute Gasteiger partial charge is 0.290 e. The minimum absolute atomic E-state index is 0.250. The van der Waals surface area contributed by atoms with Crippen LogP contribution in [0.1, 0.15) is 29.3 Å². The number of rotatable bonds is 3. The van der Waals surface area contributed by atoms with Crippen molar-refractivity contribution in [3.05, 3.63) is 35.4 Å².